The van der Waals surface area contributed by atoms with Crippen molar-refractivity contribution in [3.05, 3.63) is 144 Å². The lowest BCUT2D eigenvalue weighted by Crippen LogP contribution is -2.40. The molecule has 30 heavy (non-hydrogen) atoms. The highest BCUT2D eigenvalue weighted by atomic mass is 16.2. The maximum absolute atomic E-state index is 14.0. The average Bonchev–Trinajstić information content (AvgIpc) is 3.15. The third-order valence-electron chi connectivity index (χ3n) is 6.22. The molecule has 4 aromatic rings. The number of hydrogen-bond donors (Lipinski definition) is 1. The van der Waals surface area contributed by atoms with Crippen LogP contribution in [-0.2, 0) is 10.2 Å². The lowest BCUT2D eigenvalue weighted by Gasteiger charge is -2.36. The van der Waals surface area contributed by atoms with Crippen molar-refractivity contribution in [2.45, 2.75) is 17.4 Å². The first-order valence-electron chi connectivity index (χ1n) is 10.3. The molecule has 0 saturated carbocycles. The van der Waals surface area contributed by atoms with Crippen molar-refractivity contribution >= 4 is 5.91 Å². The van der Waals surface area contributed by atoms with Crippen LogP contribution in [0, 0.1) is 0 Å². The van der Waals surface area contributed by atoms with Gasteiger partial charge in [-0.05, 0) is 22.3 Å². The summed E-state index contributed by atoms with van der Waals surface area (Å²) in [5.41, 5.74) is 3.48. The molecule has 146 valence electrons. The molecule has 1 amide bonds. The van der Waals surface area contributed by atoms with Gasteiger partial charge in [0, 0.05) is 5.92 Å². The number of carbonyl (C=O) groups is 1. The molecule has 2 nitrogen and oxygen atoms in total. The SMILES string of the molecule is O=C1N[C@@H](c2ccccc2)[C@H](c2ccccc2)C1(c1ccccc1)c1ccccc1. The second-order valence-electron chi connectivity index (χ2n) is 7.79. The number of nitrogens with one attached hydrogen (secondary N) is 1. The molecule has 4 aromatic carbocycles. The zero-order chi connectivity index (χ0) is 20.4. The highest BCUT2D eigenvalue weighted by Gasteiger charge is 2.57. The first-order chi connectivity index (χ1) is 14.8. The van der Waals surface area contributed by atoms with E-state index in [9.17, 15) is 4.79 Å². The van der Waals surface area contributed by atoms with Gasteiger partial charge in [0.1, 0.15) is 5.41 Å². The molecule has 1 aliphatic heterocycles. The average molecular weight is 389 g/mol. The Kier molecular flexibility index (Phi) is 4.68. The van der Waals surface area contributed by atoms with Crippen LogP contribution < -0.4 is 5.32 Å². The van der Waals surface area contributed by atoms with E-state index in [0.29, 0.717) is 0 Å². The summed E-state index contributed by atoms with van der Waals surface area (Å²) < 4.78 is 0. The predicted octanol–water partition coefficient (Wildman–Crippen LogP) is 5.63. The fourth-order valence-corrected chi connectivity index (χ4v) is 4.96. The van der Waals surface area contributed by atoms with Gasteiger partial charge in [-0.25, -0.2) is 0 Å². The molecule has 1 N–H and O–H groups in total. The first kappa shape index (κ1) is 18.4. The zero-order valence-corrected chi connectivity index (χ0v) is 16.6. The van der Waals surface area contributed by atoms with Crippen molar-refractivity contribution in [2.75, 3.05) is 0 Å². The molecule has 0 bridgehead atoms. The lowest BCUT2D eigenvalue weighted by molar-refractivity contribution is -0.123. The minimum absolute atomic E-state index is 0.0441. The molecule has 2 atom stereocenters. The molecule has 5 rings (SSSR count). The van der Waals surface area contributed by atoms with Crippen LogP contribution >= 0.6 is 0 Å². The van der Waals surface area contributed by atoms with E-state index in [4.69, 9.17) is 0 Å². The normalized spacial score (nSPS) is 19.9. The van der Waals surface area contributed by atoms with Crippen molar-refractivity contribution in [2.24, 2.45) is 0 Å². The van der Waals surface area contributed by atoms with Crippen molar-refractivity contribution < 1.29 is 4.79 Å². The van der Waals surface area contributed by atoms with Gasteiger partial charge in [-0.15, -0.1) is 0 Å². The van der Waals surface area contributed by atoms with Gasteiger partial charge in [0.15, 0.2) is 0 Å². The van der Waals surface area contributed by atoms with E-state index in [-0.39, 0.29) is 17.9 Å². The van der Waals surface area contributed by atoms with Crippen LogP contribution in [0.2, 0.25) is 0 Å². The fourth-order valence-electron chi connectivity index (χ4n) is 4.96. The Balaban J connectivity index is 1.83. The highest BCUT2D eigenvalue weighted by molar-refractivity contribution is 5.96. The standard InChI is InChI=1S/C28H23NO/c30-27-28(23-17-9-3-10-18-23,24-19-11-4-12-20-24)25(21-13-5-1-6-14-21)26(29-27)22-15-7-2-8-16-22/h1-20,25-26H,(H,29,30)/t25-,26-/m0/s1. The van der Waals surface area contributed by atoms with Gasteiger partial charge in [0.05, 0.1) is 6.04 Å². The Morgan fingerprint density at radius 2 is 0.933 bits per heavy atom. The molecule has 0 aliphatic carbocycles. The first-order valence-corrected chi connectivity index (χ1v) is 10.3. The molecule has 0 aromatic heterocycles. The van der Waals surface area contributed by atoms with Crippen LogP contribution in [0.15, 0.2) is 121 Å². The van der Waals surface area contributed by atoms with Gasteiger partial charge < -0.3 is 5.32 Å². The Morgan fingerprint density at radius 1 is 0.533 bits per heavy atom. The maximum Gasteiger partial charge on any atom is 0.236 e. The van der Waals surface area contributed by atoms with Crippen molar-refractivity contribution in [1.29, 1.82) is 0 Å². The Bertz CT molecular complexity index is 1080. The van der Waals surface area contributed by atoms with Crippen molar-refractivity contribution in [1.82, 2.24) is 5.32 Å². The second kappa shape index (κ2) is 7.64. The van der Waals surface area contributed by atoms with Gasteiger partial charge >= 0.3 is 0 Å². The Labute approximate surface area is 177 Å². The maximum atomic E-state index is 14.0. The fraction of sp³-hybridized carbons (Fsp3) is 0.107. The third-order valence-corrected chi connectivity index (χ3v) is 6.22. The van der Waals surface area contributed by atoms with Crippen LogP contribution in [-0.4, -0.2) is 5.91 Å². The molecular weight excluding hydrogens is 366 g/mol. The summed E-state index contributed by atoms with van der Waals surface area (Å²) >= 11 is 0. The molecule has 1 heterocycles. The van der Waals surface area contributed by atoms with Gasteiger partial charge in [-0.3, -0.25) is 4.79 Å². The van der Waals surface area contributed by atoms with Crippen LogP contribution in [0.1, 0.15) is 34.2 Å². The third kappa shape index (κ3) is 2.84. The number of amides is 1. The number of hydrogen-bond acceptors (Lipinski definition) is 1. The van der Waals surface area contributed by atoms with Crippen molar-refractivity contribution in [3.8, 4) is 0 Å². The van der Waals surface area contributed by atoms with E-state index in [1.165, 1.54) is 0 Å². The van der Waals surface area contributed by atoms with Crippen molar-refractivity contribution in [3.63, 3.8) is 0 Å². The summed E-state index contributed by atoms with van der Waals surface area (Å²) in [6.45, 7) is 0. The molecule has 1 fully saturated rings. The number of benzene rings is 4. The largest absolute Gasteiger partial charge is 0.348 e. The van der Waals surface area contributed by atoms with Crippen LogP contribution in [0.25, 0.3) is 0 Å². The number of carbonyl (C=O) groups excluding carboxylic acids is 1. The Hall–Kier alpha value is -3.65. The smallest absolute Gasteiger partial charge is 0.236 e. The van der Waals surface area contributed by atoms with Gasteiger partial charge in [0.25, 0.3) is 0 Å². The molecule has 0 spiro atoms. The molecular formula is C28H23NO. The minimum atomic E-state index is -0.815. The van der Waals surface area contributed by atoms with Gasteiger partial charge in [-0.2, -0.15) is 0 Å². The van der Waals surface area contributed by atoms with Crippen LogP contribution in [0.4, 0.5) is 0 Å². The van der Waals surface area contributed by atoms with Gasteiger partial charge in [-0.1, -0.05) is 121 Å². The minimum Gasteiger partial charge on any atom is -0.348 e. The Morgan fingerprint density at radius 3 is 1.40 bits per heavy atom. The second-order valence-corrected chi connectivity index (χ2v) is 7.79. The van der Waals surface area contributed by atoms with Crippen LogP contribution in [0.3, 0.4) is 0 Å². The van der Waals surface area contributed by atoms with E-state index < -0.39 is 5.41 Å². The summed E-state index contributed by atoms with van der Waals surface area (Å²) in [5.74, 6) is -0.0407. The van der Waals surface area contributed by atoms with E-state index in [2.05, 4.69) is 66.0 Å². The molecule has 1 aliphatic rings. The van der Waals surface area contributed by atoms with Gasteiger partial charge in [0.2, 0.25) is 5.91 Å². The molecule has 2 heteroatoms. The quantitative estimate of drug-likeness (QED) is 0.482. The predicted molar refractivity (Wildman–Crippen MR) is 120 cm³/mol. The zero-order valence-electron chi connectivity index (χ0n) is 16.6. The summed E-state index contributed by atoms with van der Waals surface area (Å²) in [5, 5.41) is 3.37. The van der Waals surface area contributed by atoms with E-state index >= 15 is 0 Å². The summed E-state index contributed by atoms with van der Waals surface area (Å²) in [7, 11) is 0. The lowest BCUT2D eigenvalue weighted by atomic mass is 9.63. The van der Waals surface area contributed by atoms with E-state index in [1.807, 2.05) is 60.7 Å². The molecule has 0 unspecified atom stereocenters. The van der Waals surface area contributed by atoms with Crippen LogP contribution in [0.5, 0.6) is 0 Å². The topological polar surface area (TPSA) is 29.1 Å². The molecule has 1 saturated heterocycles. The number of rotatable bonds is 4. The monoisotopic (exact) mass is 389 g/mol. The molecule has 0 radical (unpaired) electrons. The van der Waals surface area contributed by atoms with E-state index in [0.717, 1.165) is 22.3 Å². The summed E-state index contributed by atoms with van der Waals surface area (Å²) in [4.78, 5) is 14.0. The summed E-state index contributed by atoms with van der Waals surface area (Å²) in [6.07, 6.45) is 0. The van der Waals surface area contributed by atoms with E-state index in [1.54, 1.807) is 0 Å². The highest BCUT2D eigenvalue weighted by Crippen LogP contribution is 2.54. The summed E-state index contributed by atoms with van der Waals surface area (Å²) in [6, 6.07) is 41.0.